The van der Waals surface area contributed by atoms with E-state index in [9.17, 15) is 0 Å². The quantitative estimate of drug-likeness (QED) is 0.819. The van der Waals surface area contributed by atoms with Gasteiger partial charge in [-0.05, 0) is 62.0 Å². The minimum atomic E-state index is 0.485. The summed E-state index contributed by atoms with van der Waals surface area (Å²) in [5.74, 6) is 0.573. The Hall–Kier alpha value is -1.75. The molecule has 0 saturated carbocycles. The van der Waals surface area contributed by atoms with Crippen molar-refractivity contribution in [2.45, 2.75) is 37.8 Å². The number of hydrogen-bond donors (Lipinski definition) is 1. The van der Waals surface area contributed by atoms with E-state index in [0.29, 0.717) is 18.0 Å². The van der Waals surface area contributed by atoms with Gasteiger partial charge in [0.05, 0.1) is 13.2 Å². The van der Waals surface area contributed by atoms with E-state index in [0.717, 1.165) is 26.1 Å². The van der Waals surface area contributed by atoms with Crippen molar-refractivity contribution in [2.24, 2.45) is 5.92 Å². The Balaban J connectivity index is 1.20. The third-order valence-corrected chi connectivity index (χ3v) is 6.04. The third-order valence-electron chi connectivity index (χ3n) is 6.04. The fourth-order valence-corrected chi connectivity index (χ4v) is 4.36. The van der Waals surface area contributed by atoms with Crippen LogP contribution in [-0.2, 0) is 17.6 Å². The molecule has 2 aliphatic heterocycles. The van der Waals surface area contributed by atoms with Gasteiger partial charge in [-0.3, -0.25) is 4.98 Å². The third kappa shape index (κ3) is 5.38. The van der Waals surface area contributed by atoms with Crippen LogP contribution < -0.4 is 5.32 Å². The lowest BCUT2D eigenvalue weighted by Crippen LogP contribution is -2.49. The molecule has 144 valence electrons. The Morgan fingerprint density at radius 3 is 2.52 bits per heavy atom. The van der Waals surface area contributed by atoms with Crippen LogP contribution in [0, 0.1) is 5.92 Å². The SMILES string of the molecule is c1ccc(CCN2CCC(N[C@@H]3COC[C@H]3Cc3ccncc3)CC2)cc1. The van der Waals surface area contributed by atoms with Gasteiger partial charge in [0.15, 0.2) is 0 Å². The molecule has 2 aliphatic rings. The number of pyridine rings is 1. The molecule has 27 heavy (non-hydrogen) atoms. The van der Waals surface area contributed by atoms with Crippen LogP contribution in [0.3, 0.4) is 0 Å². The molecule has 1 aromatic carbocycles. The molecule has 2 saturated heterocycles. The summed E-state index contributed by atoms with van der Waals surface area (Å²) in [4.78, 5) is 6.74. The van der Waals surface area contributed by atoms with Crippen molar-refractivity contribution < 1.29 is 4.74 Å². The summed E-state index contributed by atoms with van der Waals surface area (Å²) in [6.45, 7) is 5.30. The standard InChI is InChI=1S/C23H31N3O/c1-2-4-19(5-3-1)8-13-26-14-9-22(10-15-26)25-23-18-27-17-21(23)16-20-6-11-24-12-7-20/h1-7,11-12,21-23,25H,8-10,13-18H2/t21-,23-/m1/s1. The van der Waals surface area contributed by atoms with Gasteiger partial charge < -0.3 is 15.0 Å². The summed E-state index contributed by atoms with van der Waals surface area (Å²) >= 11 is 0. The van der Waals surface area contributed by atoms with Crippen LogP contribution in [-0.4, -0.2) is 54.8 Å². The van der Waals surface area contributed by atoms with Gasteiger partial charge in [-0.25, -0.2) is 0 Å². The van der Waals surface area contributed by atoms with Gasteiger partial charge in [0, 0.05) is 36.9 Å². The first kappa shape index (κ1) is 18.6. The van der Waals surface area contributed by atoms with E-state index >= 15 is 0 Å². The molecule has 4 heteroatoms. The molecule has 1 aromatic heterocycles. The lowest BCUT2D eigenvalue weighted by molar-refractivity contribution is 0.171. The highest BCUT2D eigenvalue weighted by molar-refractivity contribution is 5.15. The van der Waals surface area contributed by atoms with Crippen LogP contribution in [0.15, 0.2) is 54.9 Å². The van der Waals surface area contributed by atoms with Gasteiger partial charge in [0.25, 0.3) is 0 Å². The summed E-state index contributed by atoms with van der Waals surface area (Å²) in [6.07, 6.45) is 8.50. The number of nitrogens with zero attached hydrogens (tertiary/aromatic N) is 2. The monoisotopic (exact) mass is 365 g/mol. The smallest absolute Gasteiger partial charge is 0.0623 e. The number of rotatable bonds is 7. The fraction of sp³-hybridized carbons (Fsp3) is 0.522. The largest absolute Gasteiger partial charge is 0.379 e. The zero-order valence-corrected chi connectivity index (χ0v) is 16.1. The Bertz CT molecular complexity index is 671. The van der Waals surface area contributed by atoms with Crippen LogP contribution >= 0.6 is 0 Å². The normalized spacial score (nSPS) is 24.3. The molecule has 2 atom stereocenters. The van der Waals surface area contributed by atoms with Gasteiger partial charge in [-0.15, -0.1) is 0 Å². The summed E-state index contributed by atoms with van der Waals surface area (Å²) in [5, 5.41) is 3.92. The second kappa shape index (κ2) is 9.45. The first-order valence-electron chi connectivity index (χ1n) is 10.4. The zero-order chi connectivity index (χ0) is 18.3. The van der Waals surface area contributed by atoms with E-state index in [4.69, 9.17) is 4.74 Å². The maximum atomic E-state index is 5.80. The highest BCUT2D eigenvalue weighted by Gasteiger charge is 2.31. The second-order valence-electron chi connectivity index (χ2n) is 7.98. The minimum absolute atomic E-state index is 0.485. The van der Waals surface area contributed by atoms with Crippen LogP contribution in [0.5, 0.6) is 0 Å². The van der Waals surface area contributed by atoms with Crippen LogP contribution in [0.4, 0.5) is 0 Å². The molecule has 0 bridgehead atoms. The number of ether oxygens (including phenoxy) is 1. The molecule has 0 unspecified atom stereocenters. The number of nitrogens with one attached hydrogen (secondary N) is 1. The van der Waals surface area contributed by atoms with Crippen molar-refractivity contribution in [1.82, 2.24) is 15.2 Å². The molecular weight excluding hydrogens is 334 g/mol. The van der Waals surface area contributed by atoms with Gasteiger partial charge in [-0.2, -0.15) is 0 Å². The van der Waals surface area contributed by atoms with Crippen molar-refractivity contribution in [3.63, 3.8) is 0 Å². The lowest BCUT2D eigenvalue weighted by atomic mass is 9.93. The van der Waals surface area contributed by atoms with Crippen molar-refractivity contribution in [3.8, 4) is 0 Å². The number of aromatic nitrogens is 1. The van der Waals surface area contributed by atoms with Crippen LogP contribution in [0.2, 0.25) is 0 Å². The van der Waals surface area contributed by atoms with E-state index in [1.54, 1.807) is 0 Å². The molecular formula is C23H31N3O. The lowest BCUT2D eigenvalue weighted by Gasteiger charge is -2.34. The molecule has 2 aromatic rings. The Morgan fingerprint density at radius 1 is 0.963 bits per heavy atom. The number of benzene rings is 1. The van der Waals surface area contributed by atoms with E-state index in [1.165, 1.54) is 43.6 Å². The average molecular weight is 366 g/mol. The van der Waals surface area contributed by atoms with E-state index < -0.39 is 0 Å². The van der Waals surface area contributed by atoms with E-state index in [1.807, 2.05) is 12.4 Å². The number of hydrogen-bond acceptors (Lipinski definition) is 4. The minimum Gasteiger partial charge on any atom is -0.379 e. The van der Waals surface area contributed by atoms with E-state index in [-0.39, 0.29) is 0 Å². The molecule has 4 rings (SSSR count). The van der Waals surface area contributed by atoms with Crippen molar-refractivity contribution in [3.05, 3.63) is 66.0 Å². The maximum absolute atomic E-state index is 5.80. The Labute approximate surface area is 162 Å². The maximum Gasteiger partial charge on any atom is 0.0623 e. The zero-order valence-electron chi connectivity index (χ0n) is 16.1. The second-order valence-corrected chi connectivity index (χ2v) is 7.98. The summed E-state index contributed by atoms with van der Waals surface area (Å²) in [7, 11) is 0. The van der Waals surface area contributed by atoms with E-state index in [2.05, 4.69) is 57.7 Å². The van der Waals surface area contributed by atoms with Crippen molar-refractivity contribution >= 4 is 0 Å². The number of piperidine rings is 1. The Morgan fingerprint density at radius 2 is 1.74 bits per heavy atom. The van der Waals surface area contributed by atoms with Crippen LogP contribution in [0.25, 0.3) is 0 Å². The van der Waals surface area contributed by atoms with Gasteiger partial charge in [-0.1, -0.05) is 30.3 Å². The molecule has 1 N–H and O–H groups in total. The van der Waals surface area contributed by atoms with Gasteiger partial charge >= 0.3 is 0 Å². The van der Waals surface area contributed by atoms with Gasteiger partial charge in [0.2, 0.25) is 0 Å². The first-order chi connectivity index (χ1) is 13.4. The van der Waals surface area contributed by atoms with Crippen molar-refractivity contribution in [1.29, 1.82) is 0 Å². The fourth-order valence-electron chi connectivity index (χ4n) is 4.36. The topological polar surface area (TPSA) is 37.4 Å². The molecule has 3 heterocycles. The summed E-state index contributed by atoms with van der Waals surface area (Å²) in [6, 6.07) is 16.2. The molecule has 2 fully saturated rings. The Kier molecular flexibility index (Phi) is 6.51. The van der Waals surface area contributed by atoms with Crippen LogP contribution in [0.1, 0.15) is 24.0 Å². The predicted molar refractivity (Wildman–Crippen MR) is 109 cm³/mol. The average Bonchev–Trinajstić information content (AvgIpc) is 3.15. The first-order valence-corrected chi connectivity index (χ1v) is 10.4. The molecule has 0 radical (unpaired) electrons. The highest BCUT2D eigenvalue weighted by Crippen LogP contribution is 2.21. The van der Waals surface area contributed by atoms with Gasteiger partial charge in [0.1, 0.15) is 0 Å². The number of likely N-dealkylation sites (tertiary alicyclic amines) is 1. The predicted octanol–water partition coefficient (Wildman–Crippen LogP) is 2.94. The molecule has 0 aliphatic carbocycles. The molecule has 0 amide bonds. The van der Waals surface area contributed by atoms with Crippen molar-refractivity contribution in [2.75, 3.05) is 32.8 Å². The molecule has 4 nitrogen and oxygen atoms in total. The summed E-state index contributed by atoms with van der Waals surface area (Å²) in [5.41, 5.74) is 2.81. The molecule has 0 spiro atoms. The summed E-state index contributed by atoms with van der Waals surface area (Å²) < 4.78 is 5.80. The highest BCUT2D eigenvalue weighted by atomic mass is 16.5.